The number of hydrogen-bond acceptors (Lipinski definition) is 5. The first-order valence-electron chi connectivity index (χ1n) is 10.7. The fraction of sp³-hybridized carbons (Fsp3) is 0.545. The summed E-state index contributed by atoms with van der Waals surface area (Å²) in [6.45, 7) is 1.44. The molecule has 1 fully saturated rings. The average Bonchev–Trinajstić information content (AvgIpc) is 3.32. The largest absolute Gasteiger partial charge is 0.481 e. The lowest BCUT2D eigenvalue weighted by atomic mass is 9.96. The van der Waals surface area contributed by atoms with E-state index in [1.54, 1.807) is 29.0 Å². The number of carbonyl (C=O) groups is 2. The number of likely N-dealkylation sites (tertiary alicyclic amines) is 1. The molecule has 0 spiro atoms. The van der Waals surface area contributed by atoms with E-state index >= 15 is 0 Å². The summed E-state index contributed by atoms with van der Waals surface area (Å²) in [5, 5.41) is 17.0. The molecule has 1 aromatic rings. The van der Waals surface area contributed by atoms with Crippen LogP contribution in [0.25, 0.3) is 0 Å². The standard InChI is InChI=1S/C22H29N5O3/c1-26-14-17(13-24-26)19(12-20(28)29)27-11-9-16(22(27)30)4-2-6-18-8-7-15-5-3-10-23-21(15)25-18/h5,7-8,13-14,16,18-19H,2-4,6,9-12H2,1H3,(H,23,25)(H,28,29). The van der Waals surface area contributed by atoms with E-state index in [1.165, 1.54) is 5.57 Å². The summed E-state index contributed by atoms with van der Waals surface area (Å²) in [6, 6.07) is -0.201. The molecule has 1 amide bonds. The maximum Gasteiger partial charge on any atom is 0.305 e. The summed E-state index contributed by atoms with van der Waals surface area (Å²) in [7, 11) is 1.79. The molecule has 1 saturated heterocycles. The lowest BCUT2D eigenvalue weighted by Gasteiger charge is -2.27. The van der Waals surface area contributed by atoms with Crippen LogP contribution < -0.4 is 5.32 Å². The Labute approximate surface area is 176 Å². The SMILES string of the molecule is Cn1cc(C(CC(=O)O)N2CCC(CCCC3C=CC4=CCCN=C4N3)C2=O)cn1. The molecule has 0 bridgehead atoms. The summed E-state index contributed by atoms with van der Waals surface area (Å²) < 4.78 is 1.64. The normalized spacial score (nSPS) is 24.2. The Morgan fingerprint density at radius 2 is 2.27 bits per heavy atom. The highest BCUT2D eigenvalue weighted by Gasteiger charge is 2.37. The number of fused-ring (bicyclic) bond motifs is 1. The number of nitrogens with one attached hydrogen (secondary N) is 1. The van der Waals surface area contributed by atoms with Crippen molar-refractivity contribution >= 4 is 17.7 Å². The molecule has 3 unspecified atom stereocenters. The van der Waals surface area contributed by atoms with Crippen LogP contribution in [-0.2, 0) is 16.6 Å². The zero-order valence-electron chi connectivity index (χ0n) is 17.3. The molecule has 0 radical (unpaired) electrons. The number of aryl methyl sites for hydroxylation is 1. The highest BCUT2D eigenvalue weighted by Crippen LogP contribution is 2.33. The monoisotopic (exact) mass is 411 g/mol. The van der Waals surface area contributed by atoms with Gasteiger partial charge in [-0.2, -0.15) is 5.10 Å². The first kappa shape index (κ1) is 20.4. The minimum Gasteiger partial charge on any atom is -0.481 e. The van der Waals surface area contributed by atoms with Crippen molar-refractivity contribution in [3.05, 3.63) is 41.8 Å². The van der Waals surface area contributed by atoms with E-state index in [4.69, 9.17) is 0 Å². The number of carboxylic acid groups (broad SMARTS) is 1. The minimum atomic E-state index is -0.908. The van der Waals surface area contributed by atoms with Crippen LogP contribution in [0.1, 0.15) is 50.1 Å². The smallest absolute Gasteiger partial charge is 0.305 e. The Balaban J connectivity index is 1.32. The molecular weight excluding hydrogens is 382 g/mol. The maximum atomic E-state index is 13.0. The Bertz CT molecular complexity index is 900. The van der Waals surface area contributed by atoms with Gasteiger partial charge in [0.05, 0.1) is 18.7 Å². The Kier molecular flexibility index (Phi) is 6.01. The number of aromatic nitrogens is 2. The molecule has 4 heterocycles. The number of aliphatic imine (C=N–C) groups is 1. The second-order valence-corrected chi connectivity index (χ2v) is 8.30. The van der Waals surface area contributed by atoms with E-state index in [2.05, 4.69) is 33.6 Å². The van der Waals surface area contributed by atoms with E-state index in [9.17, 15) is 14.7 Å². The average molecular weight is 412 g/mol. The van der Waals surface area contributed by atoms with E-state index in [-0.39, 0.29) is 24.3 Å². The summed E-state index contributed by atoms with van der Waals surface area (Å²) >= 11 is 0. The summed E-state index contributed by atoms with van der Waals surface area (Å²) in [5.74, 6) is 0.117. The van der Waals surface area contributed by atoms with Gasteiger partial charge in [-0.25, -0.2) is 0 Å². The summed E-state index contributed by atoms with van der Waals surface area (Å²) in [6.07, 6.45) is 14.4. The van der Waals surface area contributed by atoms with Crippen LogP contribution in [0.2, 0.25) is 0 Å². The molecule has 3 aliphatic heterocycles. The van der Waals surface area contributed by atoms with Crippen molar-refractivity contribution in [1.82, 2.24) is 20.0 Å². The molecule has 3 atom stereocenters. The van der Waals surface area contributed by atoms with Gasteiger partial charge in [0.1, 0.15) is 5.84 Å². The second kappa shape index (κ2) is 8.85. The van der Waals surface area contributed by atoms with E-state index in [0.29, 0.717) is 6.54 Å². The van der Waals surface area contributed by atoms with Crippen LogP contribution in [0, 0.1) is 5.92 Å². The molecule has 2 N–H and O–H groups in total. The van der Waals surface area contributed by atoms with Crippen molar-refractivity contribution in [2.24, 2.45) is 18.0 Å². The topological polar surface area (TPSA) is 99.8 Å². The third kappa shape index (κ3) is 4.47. The van der Waals surface area contributed by atoms with Gasteiger partial charge in [0.15, 0.2) is 0 Å². The van der Waals surface area contributed by atoms with Crippen molar-refractivity contribution in [2.75, 3.05) is 13.1 Å². The van der Waals surface area contributed by atoms with Gasteiger partial charge < -0.3 is 15.3 Å². The third-order valence-electron chi connectivity index (χ3n) is 6.14. The number of carboxylic acids is 1. The lowest BCUT2D eigenvalue weighted by molar-refractivity contribution is -0.140. The summed E-state index contributed by atoms with van der Waals surface area (Å²) in [4.78, 5) is 30.7. The van der Waals surface area contributed by atoms with E-state index < -0.39 is 12.0 Å². The predicted molar refractivity (Wildman–Crippen MR) is 113 cm³/mol. The second-order valence-electron chi connectivity index (χ2n) is 8.30. The molecule has 3 aliphatic rings. The molecule has 0 aliphatic carbocycles. The van der Waals surface area contributed by atoms with Gasteiger partial charge in [0.2, 0.25) is 5.91 Å². The van der Waals surface area contributed by atoms with Crippen LogP contribution in [-0.4, -0.2) is 56.6 Å². The van der Waals surface area contributed by atoms with Gasteiger partial charge in [-0.1, -0.05) is 24.6 Å². The number of amides is 1. The lowest BCUT2D eigenvalue weighted by Crippen LogP contribution is -2.38. The van der Waals surface area contributed by atoms with Gasteiger partial charge in [-0.05, 0) is 25.7 Å². The fourth-order valence-corrected chi connectivity index (χ4v) is 4.58. The van der Waals surface area contributed by atoms with Crippen LogP contribution in [0.15, 0.2) is 41.2 Å². The van der Waals surface area contributed by atoms with Gasteiger partial charge in [0.25, 0.3) is 0 Å². The van der Waals surface area contributed by atoms with E-state index in [0.717, 1.165) is 50.0 Å². The zero-order valence-corrected chi connectivity index (χ0v) is 17.3. The minimum absolute atomic E-state index is 0.0342. The summed E-state index contributed by atoms with van der Waals surface area (Å²) in [5.41, 5.74) is 1.96. The van der Waals surface area contributed by atoms with Crippen LogP contribution >= 0.6 is 0 Å². The number of carbonyl (C=O) groups excluding carboxylic acids is 1. The highest BCUT2D eigenvalue weighted by atomic mass is 16.4. The molecule has 4 rings (SSSR count). The molecule has 30 heavy (non-hydrogen) atoms. The van der Waals surface area contributed by atoms with Gasteiger partial charge >= 0.3 is 5.97 Å². The Hall–Kier alpha value is -2.90. The molecule has 8 heteroatoms. The fourth-order valence-electron chi connectivity index (χ4n) is 4.58. The van der Waals surface area contributed by atoms with Gasteiger partial charge in [-0.15, -0.1) is 0 Å². The maximum absolute atomic E-state index is 13.0. The number of nitrogens with zero attached hydrogens (tertiary/aromatic N) is 4. The Morgan fingerprint density at radius 1 is 1.40 bits per heavy atom. The zero-order chi connectivity index (χ0) is 21.1. The number of rotatable bonds is 8. The highest BCUT2D eigenvalue weighted by molar-refractivity contribution is 6.02. The third-order valence-corrected chi connectivity index (χ3v) is 6.14. The number of aliphatic carboxylic acids is 1. The van der Waals surface area contributed by atoms with Crippen molar-refractivity contribution in [1.29, 1.82) is 0 Å². The predicted octanol–water partition coefficient (Wildman–Crippen LogP) is 2.21. The van der Waals surface area contributed by atoms with Gasteiger partial charge in [0, 0.05) is 49.4 Å². The molecular formula is C22H29N5O3. The molecule has 1 aromatic heterocycles. The molecule has 160 valence electrons. The quantitative estimate of drug-likeness (QED) is 0.683. The van der Waals surface area contributed by atoms with Crippen molar-refractivity contribution in [3.8, 4) is 0 Å². The molecule has 0 saturated carbocycles. The van der Waals surface area contributed by atoms with Crippen molar-refractivity contribution in [3.63, 3.8) is 0 Å². The molecule has 0 aromatic carbocycles. The van der Waals surface area contributed by atoms with Crippen LogP contribution in [0.3, 0.4) is 0 Å². The number of amidine groups is 1. The molecule has 8 nitrogen and oxygen atoms in total. The van der Waals surface area contributed by atoms with Crippen LogP contribution in [0.5, 0.6) is 0 Å². The number of dihydropyridines is 1. The van der Waals surface area contributed by atoms with Crippen molar-refractivity contribution < 1.29 is 14.7 Å². The Morgan fingerprint density at radius 3 is 3.03 bits per heavy atom. The first-order valence-corrected chi connectivity index (χ1v) is 10.7. The van der Waals surface area contributed by atoms with E-state index in [1.807, 2.05) is 0 Å². The van der Waals surface area contributed by atoms with Gasteiger partial charge in [-0.3, -0.25) is 19.3 Å². The van der Waals surface area contributed by atoms with Crippen LogP contribution in [0.4, 0.5) is 0 Å². The van der Waals surface area contributed by atoms with Crippen molar-refractivity contribution in [2.45, 2.75) is 50.6 Å². The number of hydrogen-bond donors (Lipinski definition) is 2. The first-order chi connectivity index (χ1) is 14.5.